The Morgan fingerprint density at radius 3 is 2.32 bits per heavy atom. The van der Waals surface area contributed by atoms with Crippen molar-refractivity contribution in [2.24, 2.45) is 5.92 Å². The number of carbonyl (C=O) groups is 1. The van der Waals surface area contributed by atoms with Gasteiger partial charge in [-0.05, 0) is 22.6 Å². The molecule has 0 radical (unpaired) electrons. The highest BCUT2D eigenvalue weighted by atomic mass is 32.2. The molecule has 3 nitrogen and oxygen atoms in total. The Labute approximate surface area is 155 Å². The number of ether oxygens (including phenoxy) is 1. The van der Waals surface area contributed by atoms with Gasteiger partial charge in [-0.25, -0.2) is 0 Å². The van der Waals surface area contributed by atoms with Crippen LogP contribution < -0.4 is 5.32 Å². The maximum absolute atomic E-state index is 12.7. The molecule has 2 aromatic rings. The van der Waals surface area contributed by atoms with Gasteiger partial charge in [0.15, 0.2) is 0 Å². The van der Waals surface area contributed by atoms with E-state index in [1.807, 2.05) is 42.5 Å². The fourth-order valence-corrected chi connectivity index (χ4v) is 3.82. The number of amides is 1. The van der Waals surface area contributed by atoms with Crippen LogP contribution in [0.3, 0.4) is 0 Å². The average molecular weight is 358 g/mol. The molecule has 0 saturated heterocycles. The number of nitrogens with one attached hydrogen (secondary N) is 1. The third kappa shape index (κ3) is 6.22. The Morgan fingerprint density at radius 2 is 1.68 bits per heavy atom. The topological polar surface area (TPSA) is 38.3 Å². The fourth-order valence-electron chi connectivity index (χ4n) is 2.64. The lowest BCUT2D eigenvalue weighted by molar-refractivity contribution is -0.121. The summed E-state index contributed by atoms with van der Waals surface area (Å²) in [7, 11) is 1.68. The monoisotopic (exact) mass is 357 g/mol. The van der Waals surface area contributed by atoms with Gasteiger partial charge in [0, 0.05) is 19.4 Å². The standard InChI is InChI=1S/C21H27NO2S/c1-16(2)20(25-15-17-9-5-4-6-10-17)21(23)22-13-18-11-7-8-12-19(18)14-24-3/h4-12,16,20H,13-15H2,1-3H3,(H,22,23). The van der Waals surface area contributed by atoms with Crippen molar-refractivity contribution in [2.75, 3.05) is 7.11 Å². The van der Waals surface area contributed by atoms with Gasteiger partial charge >= 0.3 is 0 Å². The number of methoxy groups -OCH3 is 1. The molecule has 1 N–H and O–H groups in total. The summed E-state index contributed by atoms with van der Waals surface area (Å²) < 4.78 is 5.23. The van der Waals surface area contributed by atoms with E-state index in [9.17, 15) is 4.79 Å². The molecule has 134 valence electrons. The zero-order valence-electron chi connectivity index (χ0n) is 15.2. The van der Waals surface area contributed by atoms with E-state index in [1.165, 1.54) is 5.56 Å². The van der Waals surface area contributed by atoms with Crippen molar-refractivity contribution < 1.29 is 9.53 Å². The van der Waals surface area contributed by atoms with Crippen LogP contribution in [0.25, 0.3) is 0 Å². The van der Waals surface area contributed by atoms with Crippen LogP contribution in [0.5, 0.6) is 0 Å². The average Bonchev–Trinajstić information content (AvgIpc) is 2.62. The molecule has 0 fully saturated rings. The fraction of sp³-hybridized carbons (Fsp3) is 0.381. The Hall–Kier alpha value is -1.78. The first-order chi connectivity index (χ1) is 12.1. The van der Waals surface area contributed by atoms with Crippen molar-refractivity contribution in [2.45, 2.75) is 38.0 Å². The minimum atomic E-state index is -0.0604. The molecule has 0 heterocycles. The van der Waals surface area contributed by atoms with Crippen molar-refractivity contribution in [3.05, 3.63) is 71.3 Å². The van der Waals surface area contributed by atoms with E-state index in [0.29, 0.717) is 13.2 Å². The summed E-state index contributed by atoms with van der Waals surface area (Å²) in [5.74, 6) is 1.23. The van der Waals surface area contributed by atoms with Gasteiger partial charge in [0.1, 0.15) is 0 Å². The molecule has 1 unspecified atom stereocenters. The summed E-state index contributed by atoms with van der Waals surface area (Å²) in [6.07, 6.45) is 0. The molecule has 4 heteroatoms. The lowest BCUT2D eigenvalue weighted by Gasteiger charge is -2.20. The van der Waals surface area contributed by atoms with Gasteiger partial charge in [0.25, 0.3) is 0 Å². The van der Waals surface area contributed by atoms with Crippen molar-refractivity contribution in [1.29, 1.82) is 0 Å². The zero-order chi connectivity index (χ0) is 18.1. The second kappa shape index (κ2) is 10.3. The molecule has 25 heavy (non-hydrogen) atoms. The van der Waals surface area contributed by atoms with Crippen LogP contribution in [0, 0.1) is 5.92 Å². The minimum Gasteiger partial charge on any atom is -0.380 e. The zero-order valence-corrected chi connectivity index (χ0v) is 16.0. The van der Waals surface area contributed by atoms with Crippen LogP contribution >= 0.6 is 11.8 Å². The van der Waals surface area contributed by atoms with Crippen LogP contribution in [0.4, 0.5) is 0 Å². The molecular formula is C21H27NO2S. The first-order valence-electron chi connectivity index (χ1n) is 8.60. The molecule has 0 aliphatic rings. The van der Waals surface area contributed by atoms with E-state index in [0.717, 1.165) is 16.9 Å². The van der Waals surface area contributed by atoms with Crippen LogP contribution in [0.1, 0.15) is 30.5 Å². The number of thioether (sulfide) groups is 1. The van der Waals surface area contributed by atoms with E-state index in [-0.39, 0.29) is 17.1 Å². The molecule has 0 bridgehead atoms. The van der Waals surface area contributed by atoms with Crippen LogP contribution in [0.2, 0.25) is 0 Å². The summed E-state index contributed by atoms with van der Waals surface area (Å²) in [4.78, 5) is 12.7. The van der Waals surface area contributed by atoms with Crippen molar-refractivity contribution in [3.8, 4) is 0 Å². The first-order valence-corrected chi connectivity index (χ1v) is 9.65. The molecule has 1 amide bonds. The van der Waals surface area contributed by atoms with Gasteiger partial charge in [-0.3, -0.25) is 4.79 Å². The van der Waals surface area contributed by atoms with Crippen LogP contribution in [-0.4, -0.2) is 18.3 Å². The van der Waals surface area contributed by atoms with E-state index < -0.39 is 0 Å². The Morgan fingerprint density at radius 1 is 1.04 bits per heavy atom. The Balaban J connectivity index is 1.94. The summed E-state index contributed by atoms with van der Waals surface area (Å²) >= 11 is 1.70. The van der Waals surface area contributed by atoms with Crippen LogP contribution in [-0.2, 0) is 28.4 Å². The van der Waals surface area contributed by atoms with Crippen molar-refractivity contribution >= 4 is 17.7 Å². The second-order valence-electron chi connectivity index (χ2n) is 6.38. The quantitative estimate of drug-likeness (QED) is 0.722. The lowest BCUT2D eigenvalue weighted by Crippen LogP contribution is -2.35. The maximum Gasteiger partial charge on any atom is 0.233 e. The van der Waals surface area contributed by atoms with Gasteiger partial charge in [0.2, 0.25) is 5.91 Å². The van der Waals surface area contributed by atoms with Crippen LogP contribution in [0.15, 0.2) is 54.6 Å². The largest absolute Gasteiger partial charge is 0.380 e. The lowest BCUT2D eigenvalue weighted by atomic mass is 10.1. The molecular weight excluding hydrogens is 330 g/mol. The second-order valence-corrected chi connectivity index (χ2v) is 7.51. The van der Waals surface area contributed by atoms with Gasteiger partial charge in [-0.1, -0.05) is 68.4 Å². The maximum atomic E-state index is 12.7. The van der Waals surface area contributed by atoms with Crippen molar-refractivity contribution in [1.82, 2.24) is 5.32 Å². The van der Waals surface area contributed by atoms with Gasteiger partial charge in [-0.2, -0.15) is 0 Å². The summed E-state index contributed by atoms with van der Waals surface area (Å²) in [6.45, 7) is 5.29. The highest BCUT2D eigenvalue weighted by molar-refractivity contribution is 7.99. The molecule has 0 aliphatic carbocycles. The summed E-state index contributed by atoms with van der Waals surface area (Å²) in [5, 5.41) is 3.04. The molecule has 0 saturated carbocycles. The third-order valence-corrected chi connectivity index (χ3v) is 5.63. The number of hydrogen-bond acceptors (Lipinski definition) is 3. The smallest absolute Gasteiger partial charge is 0.233 e. The minimum absolute atomic E-state index is 0.0604. The SMILES string of the molecule is COCc1ccccc1CNC(=O)C(SCc1ccccc1)C(C)C. The molecule has 0 spiro atoms. The predicted octanol–water partition coefficient (Wildman–Crippen LogP) is 4.41. The van der Waals surface area contributed by atoms with E-state index in [4.69, 9.17) is 4.74 Å². The van der Waals surface area contributed by atoms with Gasteiger partial charge in [-0.15, -0.1) is 11.8 Å². The summed E-state index contributed by atoms with van der Waals surface area (Å²) in [6, 6.07) is 18.3. The Bertz CT molecular complexity index is 658. The third-order valence-electron chi connectivity index (χ3n) is 4.01. The van der Waals surface area contributed by atoms with E-state index in [2.05, 4.69) is 31.3 Å². The number of rotatable bonds is 9. The van der Waals surface area contributed by atoms with E-state index >= 15 is 0 Å². The van der Waals surface area contributed by atoms with Gasteiger partial charge < -0.3 is 10.1 Å². The predicted molar refractivity (Wildman–Crippen MR) is 105 cm³/mol. The normalized spacial score (nSPS) is 12.2. The molecule has 0 aliphatic heterocycles. The number of benzene rings is 2. The summed E-state index contributed by atoms with van der Waals surface area (Å²) in [5.41, 5.74) is 3.47. The molecule has 0 aromatic heterocycles. The Kier molecular flexibility index (Phi) is 8.02. The highest BCUT2D eigenvalue weighted by Crippen LogP contribution is 2.24. The molecule has 1 atom stereocenters. The molecule has 2 aromatic carbocycles. The number of carbonyl (C=O) groups excluding carboxylic acids is 1. The first kappa shape index (κ1) is 19.5. The molecule has 2 rings (SSSR count). The highest BCUT2D eigenvalue weighted by Gasteiger charge is 2.22. The van der Waals surface area contributed by atoms with E-state index in [1.54, 1.807) is 18.9 Å². The van der Waals surface area contributed by atoms with Gasteiger partial charge in [0.05, 0.1) is 11.9 Å². The van der Waals surface area contributed by atoms with Crippen molar-refractivity contribution in [3.63, 3.8) is 0 Å². The number of hydrogen-bond donors (Lipinski definition) is 1.